The van der Waals surface area contributed by atoms with Crippen molar-refractivity contribution in [1.82, 2.24) is 29.5 Å². The van der Waals surface area contributed by atoms with Crippen molar-refractivity contribution in [2.24, 2.45) is 0 Å². The molecule has 0 bridgehead atoms. The molecule has 0 fully saturated rings. The predicted octanol–water partition coefficient (Wildman–Crippen LogP) is 0.995. The van der Waals surface area contributed by atoms with Crippen LogP contribution in [-0.4, -0.2) is 36.5 Å². The highest BCUT2D eigenvalue weighted by molar-refractivity contribution is 5.39. The lowest BCUT2D eigenvalue weighted by molar-refractivity contribution is 0.307. The van der Waals surface area contributed by atoms with E-state index in [1.165, 1.54) is 4.52 Å². The molecule has 110 valence electrons. The van der Waals surface area contributed by atoms with Gasteiger partial charge in [0.1, 0.15) is 5.82 Å². The molecule has 0 aliphatic rings. The maximum Gasteiger partial charge on any atom is 0.272 e. The summed E-state index contributed by atoms with van der Waals surface area (Å²) in [6.07, 6.45) is 1.81. The van der Waals surface area contributed by atoms with Crippen LogP contribution in [0.15, 0.2) is 23.1 Å². The first-order chi connectivity index (χ1) is 10.0. The van der Waals surface area contributed by atoms with Gasteiger partial charge in [-0.3, -0.25) is 14.8 Å². The van der Waals surface area contributed by atoms with Crippen LogP contribution in [0.25, 0.3) is 5.65 Å². The van der Waals surface area contributed by atoms with Gasteiger partial charge in [-0.2, -0.15) is 0 Å². The molecule has 0 aromatic carbocycles. The molecule has 0 aliphatic carbocycles. The van der Waals surface area contributed by atoms with Gasteiger partial charge in [-0.25, -0.2) is 14.5 Å². The summed E-state index contributed by atoms with van der Waals surface area (Å²) in [7, 11) is 1.98. The molecule has 0 saturated heterocycles. The summed E-state index contributed by atoms with van der Waals surface area (Å²) in [5, 5.41) is 2.96. The standard InChI is InChI=1S/C14H18N6O/c1-9-4-13-17-11(5-14(21)20(13)18-9)7-19(3)8-12-15-6-10(2)16-12/h4-6,18H,7-8H2,1-3H3,(H,15,16). The van der Waals surface area contributed by atoms with Crippen LogP contribution in [0, 0.1) is 13.8 Å². The van der Waals surface area contributed by atoms with Gasteiger partial charge >= 0.3 is 0 Å². The molecule has 0 saturated carbocycles. The summed E-state index contributed by atoms with van der Waals surface area (Å²) in [5.41, 5.74) is 3.27. The Labute approximate surface area is 121 Å². The molecule has 21 heavy (non-hydrogen) atoms. The largest absolute Gasteiger partial charge is 0.345 e. The van der Waals surface area contributed by atoms with Crippen LogP contribution >= 0.6 is 0 Å². The average molecular weight is 286 g/mol. The van der Waals surface area contributed by atoms with Gasteiger partial charge in [-0.05, 0) is 20.9 Å². The molecule has 2 N–H and O–H groups in total. The Bertz CT molecular complexity index is 827. The Morgan fingerprint density at radius 3 is 2.76 bits per heavy atom. The van der Waals surface area contributed by atoms with Crippen LogP contribution in [-0.2, 0) is 13.1 Å². The van der Waals surface area contributed by atoms with Crippen LogP contribution < -0.4 is 5.56 Å². The van der Waals surface area contributed by atoms with E-state index in [0.29, 0.717) is 18.7 Å². The summed E-state index contributed by atoms with van der Waals surface area (Å²) < 4.78 is 1.45. The summed E-state index contributed by atoms with van der Waals surface area (Å²) >= 11 is 0. The number of hydrogen-bond donors (Lipinski definition) is 2. The molecular weight excluding hydrogens is 268 g/mol. The van der Waals surface area contributed by atoms with Gasteiger partial charge in [0.25, 0.3) is 5.56 Å². The number of nitrogens with one attached hydrogen (secondary N) is 2. The van der Waals surface area contributed by atoms with Gasteiger partial charge in [0.15, 0.2) is 5.65 Å². The molecule has 7 nitrogen and oxygen atoms in total. The first kappa shape index (κ1) is 13.6. The highest BCUT2D eigenvalue weighted by Gasteiger charge is 2.08. The van der Waals surface area contributed by atoms with Crippen molar-refractivity contribution in [3.8, 4) is 0 Å². The fourth-order valence-electron chi connectivity index (χ4n) is 2.38. The highest BCUT2D eigenvalue weighted by Crippen LogP contribution is 2.06. The second-order valence-electron chi connectivity index (χ2n) is 5.40. The summed E-state index contributed by atoms with van der Waals surface area (Å²) in [6, 6.07) is 3.42. The Kier molecular flexibility index (Phi) is 3.34. The molecule has 3 aromatic rings. The van der Waals surface area contributed by atoms with Gasteiger partial charge < -0.3 is 4.98 Å². The van der Waals surface area contributed by atoms with E-state index < -0.39 is 0 Å². The number of rotatable bonds is 4. The van der Waals surface area contributed by atoms with Gasteiger partial charge in [0.2, 0.25) is 0 Å². The zero-order valence-corrected chi connectivity index (χ0v) is 12.3. The topological polar surface area (TPSA) is 82.1 Å². The minimum Gasteiger partial charge on any atom is -0.345 e. The quantitative estimate of drug-likeness (QED) is 0.749. The maximum atomic E-state index is 12.0. The molecule has 0 aliphatic heterocycles. The monoisotopic (exact) mass is 286 g/mol. The van der Waals surface area contributed by atoms with E-state index >= 15 is 0 Å². The number of aromatic nitrogens is 5. The smallest absolute Gasteiger partial charge is 0.272 e. The van der Waals surface area contributed by atoms with Crippen LogP contribution in [0.2, 0.25) is 0 Å². The average Bonchev–Trinajstić information content (AvgIpc) is 2.95. The van der Waals surface area contributed by atoms with Gasteiger partial charge in [-0.15, -0.1) is 0 Å². The number of aryl methyl sites for hydroxylation is 2. The summed E-state index contributed by atoms with van der Waals surface area (Å²) in [6.45, 7) is 5.15. The lowest BCUT2D eigenvalue weighted by atomic mass is 10.3. The molecule has 0 spiro atoms. The maximum absolute atomic E-state index is 12.0. The van der Waals surface area contributed by atoms with Crippen molar-refractivity contribution >= 4 is 5.65 Å². The second kappa shape index (κ2) is 5.17. The molecule has 0 amide bonds. The Hall–Kier alpha value is -2.41. The number of fused-ring (bicyclic) bond motifs is 1. The van der Waals surface area contributed by atoms with Crippen molar-refractivity contribution in [2.45, 2.75) is 26.9 Å². The van der Waals surface area contributed by atoms with Crippen molar-refractivity contribution in [3.05, 3.63) is 51.6 Å². The SMILES string of the molecule is Cc1cnc(CN(C)Cc2cc(=O)n3[nH]c(C)cc3n2)[nH]1. The van der Waals surface area contributed by atoms with E-state index in [4.69, 9.17) is 0 Å². The summed E-state index contributed by atoms with van der Waals surface area (Å²) in [4.78, 5) is 26.1. The Balaban J connectivity index is 1.79. The van der Waals surface area contributed by atoms with Crippen molar-refractivity contribution < 1.29 is 0 Å². The normalized spacial score (nSPS) is 11.6. The van der Waals surface area contributed by atoms with Crippen LogP contribution in [0.5, 0.6) is 0 Å². The van der Waals surface area contributed by atoms with Crippen molar-refractivity contribution in [3.63, 3.8) is 0 Å². The predicted molar refractivity (Wildman–Crippen MR) is 79.0 cm³/mol. The zero-order valence-electron chi connectivity index (χ0n) is 12.3. The highest BCUT2D eigenvalue weighted by atomic mass is 16.1. The van der Waals surface area contributed by atoms with Gasteiger partial charge in [0, 0.05) is 36.3 Å². The number of H-pyrrole nitrogens is 2. The fraction of sp³-hybridized carbons (Fsp3) is 0.357. The molecule has 0 radical (unpaired) electrons. The zero-order chi connectivity index (χ0) is 15.0. The van der Waals surface area contributed by atoms with Gasteiger partial charge in [-0.1, -0.05) is 0 Å². The molecular formula is C14H18N6O. The Morgan fingerprint density at radius 2 is 2.05 bits per heavy atom. The van der Waals surface area contributed by atoms with Crippen LogP contribution in [0.3, 0.4) is 0 Å². The fourth-order valence-corrected chi connectivity index (χ4v) is 2.38. The third-order valence-electron chi connectivity index (χ3n) is 3.24. The molecule has 7 heteroatoms. The van der Waals surface area contributed by atoms with E-state index in [0.717, 1.165) is 22.9 Å². The van der Waals surface area contributed by atoms with Crippen molar-refractivity contribution in [1.29, 1.82) is 0 Å². The number of aromatic amines is 2. The molecule has 3 aromatic heterocycles. The van der Waals surface area contributed by atoms with E-state index in [1.54, 1.807) is 6.07 Å². The van der Waals surface area contributed by atoms with Gasteiger partial charge in [0.05, 0.1) is 12.2 Å². The van der Waals surface area contributed by atoms with Crippen LogP contribution in [0.1, 0.15) is 22.9 Å². The van der Waals surface area contributed by atoms with E-state index in [1.807, 2.05) is 33.2 Å². The minimum absolute atomic E-state index is 0.0923. The number of imidazole rings is 1. The van der Waals surface area contributed by atoms with Crippen molar-refractivity contribution in [2.75, 3.05) is 7.05 Å². The second-order valence-corrected chi connectivity index (χ2v) is 5.40. The number of hydrogen-bond acceptors (Lipinski definition) is 4. The third kappa shape index (κ3) is 2.87. The Morgan fingerprint density at radius 1 is 1.24 bits per heavy atom. The van der Waals surface area contributed by atoms with E-state index in [-0.39, 0.29) is 5.56 Å². The molecule has 0 atom stereocenters. The lowest BCUT2D eigenvalue weighted by Gasteiger charge is -2.14. The van der Waals surface area contributed by atoms with E-state index in [2.05, 4.69) is 25.0 Å². The van der Waals surface area contributed by atoms with Crippen LogP contribution in [0.4, 0.5) is 0 Å². The first-order valence-electron chi connectivity index (χ1n) is 6.78. The summed E-state index contributed by atoms with van der Waals surface area (Å²) in [5.74, 6) is 0.908. The van der Waals surface area contributed by atoms with E-state index in [9.17, 15) is 4.79 Å². The third-order valence-corrected chi connectivity index (χ3v) is 3.24. The first-order valence-corrected chi connectivity index (χ1v) is 6.78. The lowest BCUT2D eigenvalue weighted by Crippen LogP contribution is -2.22. The molecule has 3 rings (SSSR count). The molecule has 3 heterocycles. The minimum atomic E-state index is -0.0923. The molecule has 0 unspecified atom stereocenters. The number of nitrogens with zero attached hydrogens (tertiary/aromatic N) is 4.